The monoisotopic (exact) mass is 348 g/mol. The maximum Gasteiger partial charge on any atom is 0.120 e. The van der Waals surface area contributed by atoms with Crippen LogP contribution in [0, 0.1) is 0 Å². The first kappa shape index (κ1) is 16.1. The van der Waals surface area contributed by atoms with Gasteiger partial charge in [0.25, 0.3) is 0 Å². The van der Waals surface area contributed by atoms with Gasteiger partial charge in [-0.05, 0) is 34.2 Å². The molecule has 1 N–H and O–H groups in total. The van der Waals surface area contributed by atoms with Crippen LogP contribution in [-0.4, -0.2) is 12.2 Å². The molecule has 112 valence electrons. The smallest absolute Gasteiger partial charge is 0.120 e. The van der Waals surface area contributed by atoms with Crippen LogP contribution < -0.4 is 4.74 Å². The second-order valence-electron chi connectivity index (χ2n) is 6.13. The Hall–Kier alpha value is -1.32. The molecule has 0 aliphatic rings. The predicted octanol–water partition coefficient (Wildman–Crippen LogP) is 4.84. The number of aliphatic hydroxyl groups excluding tert-OH is 1. The second kappa shape index (κ2) is 6.20. The summed E-state index contributed by atoms with van der Waals surface area (Å²) in [5.41, 5.74) is 2.92. The zero-order chi connectivity index (χ0) is 15.6. The van der Waals surface area contributed by atoms with E-state index in [4.69, 9.17) is 4.74 Å². The molecule has 0 fully saturated rings. The molecule has 0 aliphatic carbocycles. The lowest BCUT2D eigenvalue weighted by molar-refractivity contribution is 0.216. The number of aliphatic hydroxyl groups is 1. The van der Waals surface area contributed by atoms with Crippen molar-refractivity contribution in [1.82, 2.24) is 0 Å². The molecule has 0 aliphatic heterocycles. The third-order valence-corrected chi connectivity index (χ3v) is 4.25. The Morgan fingerprint density at radius 2 is 1.71 bits per heavy atom. The number of methoxy groups -OCH3 is 1. The molecule has 1 unspecified atom stereocenters. The zero-order valence-corrected chi connectivity index (χ0v) is 14.4. The van der Waals surface area contributed by atoms with Gasteiger partial charge in [0.15, 0.2) is 0 Å². The Morgan fingerprint density at radius 1 is 1.05 bits per heavy atom. The highest BCUT2D eigenvalue weighted by atomic mass is 79.9. The Morgan fingerprint density at radius 3 is 2.29 bits per heavy atom. The minimum atomic E-state index is -0.666. The van der Waals surface area contributed by atoms with E-state index in [0.29, 0.717) is 0 Å². The van der Waals surface area contributed by atoms with E-state index in [1.54, 1.807) is 7.11 Å². The lowest BCUT2D eigenvalue weighted by Gasteiger charge is -2.26. The van der Waals surface area contributed by atoms with E-state index in [0.717, 1.165) is 26.9 Å². The van der Waals surface area contributed by atoms with Crippen molar-refractivity contribution in [3.05, 3.63) is 63.6 Å². The van der Waals surface area contributed by atoms with Crippen LogP contribution in [0.2, 0.25) is 0 Å². The molecular weight excluding hydrogens is 328 g/mol. The molecule has 0 radical (unpaired) electrons. The highest BCUT2D eigenvalue weighted by molar-refractivity contribution is 9.10. The van der Waals surface area contributed by atoms with Crippen LogP contribution in [0.4, 0.5) is 0 Å². The fourth-order valence-electron chi connectivity index (χ4n) is 2.44. The normalized spacial score (nSPS) is 13.0. The summed E-state index contributed by atoms with van der Waals surface area (Å²) in [5.74, 6) is 0.766. The first-order valence-corrected chi connectivity index (χ1v) is 7.75. The Bertz CT molecular complexity index is 629. The number of rotatable bonds is 3. The van der Waals surface area contributed by atoms with Crippen LogP contribution >= 0.6 is 15.9 Å². The van der Waals surface area contributed by atoms with Crippen molar-refractivity contribution in [3.8, 4) is 5.75 Å². The van der Waals surface area contributed by atoms with Crippen LogP contribution in [0.1, 0.15) is 43.6 Å². The molecule has 0 saturated heterocycles. The molecule has 21 heavy (non-hydrogen) atoms. The van der Waals surface area contributed by atoms with Crippen LogP contribution in [0.5, 0.6) is 5.75 Å². The van der Waals surface area contributed by atoms with Gasteiger partial charge in [-0.25, -0.2) is 0 Å². The zero-order valence-electron chi connectivity index (χ0n) is 12.9. The molecular formula is C18H21BrO2. The second-order valence-corrected chi connectivity index (χ2v) is 6.98. The maximum absolute atomic E-state index is 10.8. The van der Waals surface area contributed by atoms with Crippen LogP contribution in [-0.2, 0) is 5.41 Å². The summed E-state index contributed by atoms with van der Waals surface area (Å²) in [7, 11) is 1.63. The van der Waals surface area contributed by atoms with Crippen LogP contribution in [0.25, 0.3) is 0 Å². The van der Waals surface area contributed by atoms with Crippen molar-refractivity contribution in [3.63, 3.8) is 0 Å². The lowest BCUT2D eigenvalue weighted by Crippen LogP contribution is -2.16. The third kappa shape index (κ3) is 3.47. The SMILES string of the molecule is COc1ccc(C(O)c2ccccc2C(C)(C)C)c(Br)c1. The van der Waals surface area contributed by atoms with Gasteiger partial charge < -0.3 is 9.84 Å². The van der Waals surface area contributed by atoms with Gasteiger partial charge in [-0.1, -0.05) is 67.0 Å². The first-order chi connectivity index (χ1) is 9.84. The Balaban J connectivity index is 2.48. The molecule has 2 rings (SSSR count). The Kier molecular flexibility index (Phi) is 4.74. The fraction of sp³-hybridized carbons (Fsp3) is 0.333. The van der Waals surface area contributed by atoms with E-state index in [2.05, 4.69) is 42.8 Å². The highest BCUT2D eigenvalue weighted by Gasteiger charge is 2.23. The first-order valence-electron chi connectivity index (χ1n) is 6.95. The molecule has 0 heterocycles. The fourth-order valence-corrected chi connectivity index (χ4v) is 3.02. The predicted molar refractivity (Wildman–Crippen MR) is 89.9 cm³/mol. The number of benzene rings is 2. The van der Waals surface area contributed by atoms with Gasteiger partial charge in [0.1, 0.15) is 11.9 Å². The molecule has 0 saturated carbocycles. The minimum Gasteiger partial charge on any atom is -0.497 e. The van der Waals surface area contributed by atoms with Gasteiger partial charge in [0.05, 0.1) is 7.11 Å². The third-order valence-electron chi connectivity index (χ3n) is 3.57. The molecule has 0 amide bonds. The van der Waals surface area contributed by atoms with Crippen molar-refractivity contribution in [2.24, 2.45) is 0 Å². The number of hydrogen-bond donors (Lipinski definition) is 1. The number of ether oxygens (including phenoxy) is 1. The van der Waals surface area contributed by atoms with Crippen molar-refractivity contribution in [1.29, 1.82) is 0 Å². The van der Waals surface area contributed by atoms with Crippen molar-refractivity contribution in [2.45, 2.75) is 32.3 Å². The molecule has 2 nitrogen and oxygen atoms in total. The quantitative estimate of drug-likeness (QED) is 0.859. The topological polar surface area (TPSA) is 29.5 Å². The minimum absolute atomic E-state index is 0.0173. The summed E-state index contributed by atoms with van der Waals surface area (Å²) < 4.78 is 6.05. The van der Waals surface area contributed by atoms with Gasteiger partial charge in [0, 0.05) is 4.47 Å². The average Bonchev–Trinajstić information content (AvgIpc) is 2.45. The summed E-state index contributed by atoms with van der Waals surface area (Å²) in [6, 6.07) is 13.7. The number of halogens is 1. The van der Waals surface area contributed by atoms with Crippen LogP contribution in [0.3, 0.4) is 0 Å². The van der Waals surface area contributed by atoms with E-state index in [9.17, 15) is 5.11 Å². The van der Waals surface area contributed by atoms with E-state index >= 15 is 0 Å². The van der Waals surface area contributed by atoms with Gasteiger partial charge in [-0.15, -0.1) is 0 Å². The lowest BCUT2D eigenvalue weighted by atomic mass is 9.81. The molecule has 2 aromatic carbocycles. The summed E-state index contributed by atoms with van der Waals surface area (Å²) in [5, 5.41) is 10.8. The van der Waals surface area contributed by atoms with Crippen molar-refractivity contribution in [2.75, 3.05) is 7.11 Å². The molecule has 1 atom stereocenters. The van der Waals surface area contributed by atoms with Gasteiger partial charge >= 0.3 is 0 Å². The van der Waals surface area contributed by atoms with Gasteiger partial charge in [-0.3, -0.25) is 0 Å². The van der Waals surface area contributed by atoms with E-state index in [-0.39, 0.29) is 5.41 Å². The maximum atomic E-state index is 10.8. The Labute approximate surface area is 134 Å². The summed E-state index contributed by atoms with van der Waals surface area (Å²) in [4.78, 5) is 0. The molecule has 0 aromatic heterocycles. The largest absolute Gasteiger partial charge is 0.497 e. The van der Waals surface area contributed by atoms with Gasteiger partial charge in [-0.2, -0.15) is 0 Å². The molecule has 0 bridgehead atoms. The average molecular weight is 349 g/mol. The summed E-state index contributed by atoms with van der Waals surface area (Å²) in [6.07, 6.45) is -0.666. The van der Waals surface area contributed by atoms with E-state index in [1.165, 1.54) is 0 Å². The van der Waals surface area contributed by atoms with E-state index in [1.807, 2.05) is 36.4 Å². The summed E-state index contributed by atoms with van der Waals surface area (Å²) in [6.45, 7) is 6.46. The summed E-state index contributed by atoms with van der Waals surface area (Å²) >= 11 is 3.52. The standard InChI is InChI=1S/C18H21BrO2/c1-18(2,3)15-8-6-5-7-13(15)17(20)14-10-9-12(21-4)11-16(14)19/h5-11,17,20H,1-4H3. The highest BCUT2D eigenvalue weighted by Crippen LogP contribution is 2.36. The van der Waals surface area contributed by atoms with Gasteiger partial charge in [0.2, 0.25) is 0 Å². The van der Waals surface area contributed by atoms with Crippen molar-refractivity contribution < 1.29 is 9.84 Å². The van der Waals surface area contributed by atoms with Crippen LogP contribution in [0.15, 0.2) is 46.9 Å². The molecule has 0 spiro atoms. The van der Waals surface area contributed by atoms with Crippen molar-refractivity contribution >= 4 is 15.9 Å². The molecule has 2 aromatic rings. The van der Waals surface area contributed by atoms with E-state index < -0.39 is 6.10 Å². The number of hydrogen-bond acceptors (Lipinski definition) is 2. The molecule has 3 heteroatoms.